The Bertz CT molecular complexity index is 627. The molecule has 114 valence electrons. The molecule has 0 aliphatic carbocycles. The second kappa shape index (κ2) is 6.97. The zero-order valence-corrected chi connectivity index (χ0v) is 16.0. The first kappa shape index (κ1) is 16.6. The smallest absolute Gasteiger partial charge is 0.131 e. The molecule has 0 atom stereocenters. The van der Waals surface area contributed by atoms with Gasteiger partial charge in [-0.25, -0.2) is 0 Å². The molecule has 1 aromatic heterocycles. The SMILES string of the molecule is CCn1nc(C)c(Br)c1COc1c(C)cc(CBr)cc1C. The summed E-state index contributed by atoms with van der Waals surface area (Å²) in [6.07, 6.45) is 0. The topological polar surface area (TPSA) is 27.1 Å². The molecule has 0 saturated carbocycles. The number of rotatable bonds is 5. The molecule has 0 spiro atoms. The molecule has 0 N–H and O–H groups in total. The standard InChI is InChI=1S/C16H20Br2N2O/c1-5-20-14(15(18)12(4)19-20)9-21-16-10(2)6-13(8-17)7-11(16)3/h6-7H,5,8-9H2,1-4H3. The summed E-state index contributed by atoms with van der Waals surface area (Å²) >= 11 is 7.10. The van der Waals surface area contributed by atoms with Crippen LogP contribution in [0.5, 0.6) is 5.75 Å². The predicted molar refractivity (Wildman–Crippen MR) is 93.2 cm³/mol. The quantitative estimate of drug-likeness (QED) is 0.637. The molecule has 0 fully saturated rings. The number of aromatic nitrogens is 2. The van der Waals surface area contributed by atoms with E-state index in [4.69, 9.17) is 4.74 Å². The van der Waals surface area contributed by atoms with Crippen LogP contribution in [-0.2, 0) is 18.5 Å². The summed E-state index contributed by atoms with van der Waals surface area (Å²) in [5.41, 5.74) is 5.68. The molecule has 0 bridgehead atoms. The van der Waals surface area contributed by atoms with Crippen LogP contribution >= 0.6 is 31.9 Å². The van der Waals surface area contributed by atoms with Gasteiger partial charge in [0.05, 0.1) is 15.9 Å². The van der Waals surface area contributed by atoms with Crippen LogP contribution in [0, 0.1) is 20.8 Å². The highest BCUT2D eigenvalue weighted by molar-refractivity contribution is 9.10. The molecule has 0 amide bonds. The van der Waals surface area contributed by atoms with E-state index in [1.807, 2.05) is 11.6 Å². The second-order valence-electron chi connectivity index (χ2n) is 5.14. The van der Waals surface area contributed by atoms with E-state index < -0.39 is 0 Å². The lowest BCUT2D eigenvalue weighted by Gasteiger charge is -2.14. The molecule has 0 saturated heterocycles. The Labute approximate surface area is 142 Å². The maximum Gasteiger partial charge on any atom is 0.131 e. The maximum absolute atomic E-state index is 6.08. The highest BCUT2D eigenvalue weighted by atomic mass is 79.9. The third-order valence-electron chi connectivity index (χ3n) is 3.48. The van der Waals surface area contributed by atoms with Crippen molar-refractivity contribution in [2.45, 2.75) is 46.2 Å². The number of nitrogens with zero attached hydrogens (tertiary/aromatic N) is 2. The van der Waals surface area contributed by atoms with Crippen molar-refractivity contribution in [3.8, 4) is 5.75 Å². The van der Waals surface area contributed by atoms with Crippen molar-refractivity contribution in [1.29, 1.82) is 0 Å². The van der Waals surface area contributed by atoms with Gasteiger partial charge in [0, 0.05) is 11.9 Å². The van der Waals surface area contributed by atoms with Crippen molar-refractivity contribution in [1.82, 2.24) is 9.78 Å². The molecule has 21 heavy (non-hydrogen) atoms. The first-order valence-corrected chi connectivity index (χ1v) is 8.90. The fourth-order valence-corrected chi connectivity index (χ4v) is 3.21. The van der Waals surface area contributed by atoms with Gasteiger partial charge in [-0.3, -0.25) is 4.68 Å². The first-order valence-electron chi connectivity index (χ1n) is 6.98. The van der Waals surface area contributed by atoms with Gasteiger partial charge in [-0.15, -0.1) is 0 Å². The molecule has 0 radical (unpaired) electrons. The molecule has 0 aliphatic rings. The van der Waals surface area contributed by atoms with E-state index in [0.29, 0.717) is 6.61 Å². The summed E-state index contributed by atoms with van der Waals surface area (Å²) in [7, 11) is 0. The molecule has 1 heterocycles. The van der Waals surface area contributed by atoms with Gasteiger partial charge in [-0.2, -0.15) is 5.10 Å². The average molecular weight is 416 g/mol. The zero-order chi connectivity index (χ0) is 15.6. The van der Waals surface area contributed by atoms with Crippen molar-refractivity contribution in [2.75, 3.05) is 0 Å². The van der Waals surface area contributed by atoms with Gasteiger partial charge in [0.25, 0.3) is 0 Å². The second-order valence-corrected chi connectivity index (χ2v) is 6.50. The van der Waals surface area contributed by atoms with Crippen molar-refractivity contribution < 1.29 is 4.74 Å². The summed E-state index contributed by atoms with van der Waals surface area (Å²) in [5.74, 6) is 0.966. The average Bonchev–Trinajstić information content (AvgIpc) is 2.73. The fraction of sp³-hybridized carbons (Fsp3) is 0.438. The number of aryl methyl sites for hydroxylation is 4. The molecule has 0 unspecified atom stereocenters. The van der Waals surface area contributed by atoms with E-state index in [2.05, 4.69) is 69.9 Å². The van der Waals surface area contributed by atoms with Gasteiger partial charge in [0.1, 0.15) is 12.4 Å². The summed E-state index contributed by atoms with van der Waals surface area (Å²) < 4.78 is 9.11. The normalized spacial score (nSPS) is 11.0. The molecule has 0 aliphatic heterocycles. The Kier molecular flexibility index (Phi) is 5.49. The van der Waals surface area contributed by atoms with E-state index in [-0.39, 0.29) is 0 Å². The third-order valence-corrected chi connectivity index (χ3v) is 5.16. The lowest BCUT2D eigenvalue weighted by Crippen LogP contribution is -2.08. The molecule has 5 heteroatoms. The van der Waals surface area contributed by atoms with Crippen LogP contribution in [0.4, 0.5) is 0 Å². The highest BCUT2D eigenvalue weighted by Crippen LogP contribution is 2.28. The highest BCUT2D eigenvalue weighted by Gasteiger charge is 2.14. The van der Waals surface area contributed by atoms with Crippen molar-refractivity contribution in [3.05, 3.63) is 44.7 Å². The number of alkyl halides is 1. The molecular weight excluding hydrogens is 396 g/mol. The van der Waals surface area contributed by atoms with E-state index in [1.54, 1.807) is 0 Å². The van der Waals surface area contributed by atoms with Gasteiger partial charge in [-0.1, -0.05) is 28.1 Å². The number of hydrogen-bond donors (Lipinski definition) is 0. The van der Waals surface area contributed by atoms with E-state index >= 15 is 0 Å². The number of benzene rings is 1. The Morgan fingerprint density at radius 2 is 1.81 bits per heavy atom. The Morgan fingerprint density at radius 3 is 2.33 bits per heavy atom. The lowest BCUT2D eigenvalue weighted by atomic mass is 10.1. The van der Waals surface area contributed by atoms with E-state index in [9.17, 15) is 0 Å². The van der Waals surface area contributed by atoms with Gasteiger partial charge in [-0.05, 0) is 60.3 Å². The predicted octanol–water partition coefficient (Wildman–Crippen LogP) is 5.06. The van der Waals surface area contributed by atoms with E-state index in [0.717, 1.165) is 33.5 Å². The summed E-state index contributed by atoms with van der Waals surface area (Å²) in [6, 6.07) is 4.32. The fourth-order valence-electron chi connectivity index (χ4n) is 2.49. The van der Waals surface area contributed by atoms with Crippen LogP contribution in [0.1, 0.15) is 35.0 Å². The molecule has 2 rings (SSSR count). The van der Waals surface area contributed by atoms with Crippen LogP contribution < -0.4 is 4.74 Å². The van der Waals surface area contributed by atoms with Crippen molar-refractivity contribution in [2.24, 2.45) is 0 Å². The molecular formula is C16H20Br2N2O. The van der Waals surface area contributed by atoms with Crippen LogP contribution in [0.15, 0.2) is 16.6 Å². The van der Waals surface area contributed by atoms with Crippen molar-refractivity contribution in [3.63, 3.8) is 0 Å². The van der Waals surface area contributed by atoms with E-state index in [1.165, 1.54) is 16.7 Å². The Morgan fingerprint density at radius 1 is 1.19 bits per heavy atom. The first-order chi connectivity index (χ1) is 9.97. The zero-order valence-electron chi connectivity index (χ0n) is 12.8. The van der Waals surface area contributed by atoms with Gasteiger partial charge >= 0.3 is 0 Å². The Balaban J connectivity index is 2.25. The lowest BCUT2D eigenvalue weighted by molar-refractivity contribution is 0.288. The molecule has 1 aromatic carbocycles. The number of halogens is 2. The summed E-state index contributed by atoms with van der Waals surface area (Å²) in [5, 5.41) is 5.36. The number of ether oxygens (including phenoxy) is 1. The minimum atomic E-state index is 0.518. The molecule has 2 aromatic rings. The Hall–Kier alpha value is -0.810. The summed E-state index contributed by atoms with van der Waals surface area (Å²) in [6.45, 7) is 9.62. The monoisotopic (exact) mass is 414 g/mol. The van der Waals surface area contributed by atoms with Gasteiger partial charge in [0.2, 0.25) is 0 Å². The van der Waals surface area contributed by atoms with Crippen molar-refractivity contribution >= 4 is 31.9 Å². The summed E-state index contributed by atoms with van der Waals surface area (Å²) in [4.78, 5) is 0. The van der Waals surface area contributed by atoms with Gasteiger partial charge < -0.3 is 4.74 Å². The maximum atomic E-state index is 6.08. The minimum Gasteiger partial charge on any atom is -0.487 e. The number of hydrogen-bond acceptors (Lipinski definition) is 2. The minimum absolute atomic E-state index is 0.518. The van der Waals surface area contributed by atoms with Crippen LogP contribution in [0.2, 0.25) is 0 Å². The van der Waals surface area contributed by atoms with Crippen LogP contribution in [0.3, 0.4) is 0 Å². The van der Waals surface area contributed by atoms with Crippen LogP contribution in [0.25, 0.3) is 0 Å². The largest absolute Gasteiger partial charge is 0.487 e. The van der Waals surface area contributed by atoms with Gasteiger partial charge in [0.15, 0.2) is 0 Å². The third kappa shape index (κ3) is 3.51. The van der Waals surface area contributed by atoms with Crippen LogP contribution in [-0.4, -0.2) is 9.78 Å². The molecule has 3 nitrogen and oxygen atoms in total.